The van der Waals surface area contributed by atoms with Gasteiger partial charge in [-0.1, -0.05) is 36.4 Å². The van der Waals surface area contributed by atoms with Gasteiger partial charge in [-0.25, -0.2) is 0 Å². The second-order valence-corrected chi connectivity index (χ2v) is 6.45. The quantitative estimate of drug-likeness (QED) is 0.706. The number of rotatable bonds is 1. The summed E-state index contributed by atoms with van der Waals surface area (Å²) in [5.41, 5.74) is 3.39. The lowest BCUT2D eigenvalue weighted by molar-refractivity contribution is 0.0683. The highest BCUT2D eigenvalue weighted by Gasteiger charge is 2.45. The van der Waals surface area contributed by atoms with E-state index in [9.17, 15) is 10.2 Å². The van der Waals surface area contributed by atoms with Gasteiger partial charge in [0.1, 0.15) is 0 Å². The van der Waals surface area contributed by atoms with Crippen LogP contribution in [-0.4, -0.2) is 14.8 Å². The second kappa shape index (κ2) is 4.30. The van der Waals surface area contributed by atoms with E-state index in [-0.39, 0.29) is 24.0 Å². The Hall–Kier alpha value is -2.46. The molecule has 0 radical (unpaired) electrons. The Kier molecular flexibility index (Phi) is 2.43. The molecule has 116 valence electrons. The van der Waals surface area contributed by atoms with E-state index in [1.807, 2.05) is 37.3 Å². The molecule has 2 aromatic carbocycles. The van der Waals surface area contributed by atoms with Crippen LogP contribution < -0.4 is 0 Å². The molecule has 0 amide bonds. The summed E-state index contributed by atoms with van der Waals surface area (Å²) in [4.78, 5) is 0. The van der Waals surface area contributed by atoms with Crippen molar-refractivity contribution in [3.8, 4) is 17.4 Å². The van der Waals surface area contributed by atoms with Crippen LogP contribution in [-0.2, 0) is 4.74 Å². The standard InChI is InChI=1S/C19H17NO3/c1-10-6-7-11-4-2-3-5-12(11)17(10)20-18(21)15-13-8-9-14(23-13)16(15)19(20)22/h2-7,13-14,21-22H,8-9H2,1H3/t13-,14+. The Morgan fingerprint density at radius 2 is 1.61 bits per heavy atom. The Morgan fingerprint density at radius 3 is 2.30 bits per heavy atom. The van der Waals surface area contributed by atoms with Crippen LogP contribution in [0.1, 0.15) is 41.7 Å². The van der Waals surface area contributed by atoms with Crippen LogP contribution in [0.5, 0.6) is 11.8 Å². The first-order chi connectivity index (χ1) is 11.2. The molecule has 1 saturated heterocycles. The van der Waals surface area contributed by atoms with Crippen LogP contribution in [0, 0.1) is 6.92 Å². The van der Waals surface area contributed by atoms with Crippen molar-refractivity contribution in [1.82, 2.24) is 4.57 Å². The lowest BCUT2D eigenvalue weighted by Gasteiger charge is -2.15. The van der Waals surface area contributed by atoms with E-state index in [4.69, 9.17) is 4.74 Å². The molecule has 1 fully saturated rings. The van der Waals surface area contributed by atoms with Crippen LogP contribution in [0.25, 0.3) is 16.5 Å². The Labute approximate surface area is 133 Å². The van der Waals surface area contributed by atoms with Gasteiger partial charge < -0.3 is 14.9 Å². The Bertz CT molecular complexity index is 923. The van der Waals surface area contributed by atoms with E-state index in [0.29, 0.717) is 0 Å². The van der Waals surface area contributed by atoms with E-state index in [1.54, 1.807) is 4.57 Å². The monoisotopic (exact) mass is 307 g/mol. The molecule has 0 saturated carbocycles. The van der Waals surface area contributed by atoms with Crippen molar-refractivity contribution >= 4 is 10.8 Å². The molecule has 0 spiro atoms. The maximum absolute atomic E-state index is 10.8. The normalized spacial score (nSPS) is 22.0. The zero-order valence-electron chi connectivity index (χ0n) is 12.8. The highest BCUT2D eigenvalue weighted by Crippen LogP contribution is 2.58. The second-order valence-electron chi connectivity index (χ2n) is 6.45. The van der Waals surface area contributed by atoms with Gasteiger partial charge in [-0.2, -0.15) is 0 Å². The number of fused-ring (bicyclic) bond motifs is 6. The minimum atomic E-state index is -0.0857. The lowest BCUT2D eigenvalue weighted by atomic mass is 9.95. The fourth-order valence-corrected chi connectivity index (χ4v) is 4.15. The van der Waals surface area contributed by atoms with Crippen molar-refractivity contribution in [2.45, 2.75) is 32.0 Å². The largest absolute Gasteiger partial charge is 0.494 e. The van der Waals surface area contributed by atoms with Gasteiger partial charge in [0, 0.05) is 5.39 Å². The molecular formula is C19H17NO3. The summed E-state index contributed by atoms with van der Waals surface area (Å²) in [6.07, 6.45) is 1.64. The van der Waals surface area contributed by atoms with Gasteiger partial charge >= 0.3 is 0 Å². The number of nitrogens with zero attached hydrogens (tertiary/aromatic N) is 1. The maximum atomic E-state index is 10.8. The molecular weight excluding hydrogens is 290 g/mol. The molecule has 3 heterocycles. The van der Waals surface area contributed by atoms with Crippen molar-refractivity contribution in [2.75, 3.05) is 0 Å². The summed E-state index contributed by atoms with van der Waals surface area (Å²) in [6.45, 7) is 2.00. The van der Waals surface area contributed by atoms with Gasteiger partial charge in [0.2, 0.25) is 11.8 Å². The van der Waals surface area contributed by atoms with Gasteiger partial charge in [-0.15, -0.1) is 0 Å². The van der Waals surface area contributed by atoms with E-state index < -0.39 is 0 Å². The highest BCUT2D eigenvalue weighted by atomic mass is 16.5. The van der Waals surface area contributed by atoms with Crippen LogP contribution in [0.4, 0.5) is 0 Å². The smallest absolute Gasteiger partial charge is 0.205 e. The van der Waals surface area contributed by atoms with Crippen molar-refractivity contribution in [1.29, 1.82) is 0 Å². The molecule has 5 rings (SSSR count). The minimum absolute atomic E-state index is 0.0857. The number of benzene rings is 2. The number of hydrogen-bond donors (Lipinski definition) is 2. The molecule has 0 unspecified atom stereocenters. The zero-order chi connectivity index (χ0) is 15.7. The zero-order valence-corrected chi connectivity index (χ0v) is 12.8. The summed E-state index contributed by atoms with van der Waals surface area (Å²) in [5.74, 6) is 0.230. The number of aryl methyl sites for hydroxylation is 1. The van der Waals surface area contributed by atoms with Crippen molar-refractivity contribution in [3.63, 3.8) is 0 Å². The van der Waals surface area contributed by atoms with E-state index in [0.717, 1.165) is 46.0 Å². The number of ether oxygens (including phenoxy) is 1. The van der Waals surface area contributed by atoms with Crippen LogP contribution >= 0.6 is 0 Å². The third kappa shape index (κ3) is 1.54. The lowest BCUT2D eigenvalue weighted by Crippen LogP contribution is -2.00. The van der Waals surface area contributed by atoms with Gasteiger partial charge in [-0.05, 0) is 30.7 Å². The third-order valence-electron chi connectivity index (χ3n) is 5.19. The maximum Gasteiger partial charge on any atom is 0.205 e. The summed E-state index contributed by atoms with van der Waals surface area (Å²) >= 11 is 0. The fourth-order valence-electron chi connectivity index (χ4n) is 4.15. The molecule has 3 aromatic rings. The Morgan fingerprint density at radius 1 is 0.957 bits per heavy atom. The van der Waals surface area contributed by atoms with E-state index >= 15 is 0 Å². The van der Waals surface area contributed by atoms with Gasteiger partial charge in [0.05, 0.1) is 29.0 Å². The summed E-state index contributed by atoms with van der Waals surface area (Å²) < 4.78 is 7.41. The Balaban J connectivity index is 1.87. The van der Waals surface area contributed by atoms with E-state index in [2.05, 4.69) is 6.07 Å². The minimum Gasteiger partial charge on any atom is -0.494 e. The topological polar surface area (TPSA) is 54.6 Å². The van der Waals surface area contributed by atoms with Gasteiger partial charge in [-0.3, -0.25) is 4.57 Å². The van der Waals surface area contributed by atoms with E-state index in [1.165, 1.54) is 0 Å². The average Bonchev–Trinajstić information content (AvgIpc) is 3.23. The SMILES string of the molecule is Cc1ccc2ccccc2c1-n1c(O)c2c(c1O)[C@H]1CC[C@@H]2O1. The first kappa shape index (κ1) is 13.0. The molecule has 4 heteroatoms. The summed E-state index contributed by atoms with van der Waals surface area (Å²) in [7, 11) is 0. The van der Waals surface area contributed by atoms with Crippen molar-refractivity contribution in [2.24, 2.45) is 0 Å². The van der Waals surface area contributed by atoms with Crippen molar-refractivity contribution < 1.29 is 14.9 Å². The van der Waals surface area contributed by atoms with Crippen LogP contribution in [0.15, 0.2) is 36.4 Å². The number of aromatic hydroxyl groups is 2. The molecule has 2 aliphatic rings. The fraction of sp³-hybridized carbons (Fsp3) is 0.263. The first-order valence-electron chi connectivity index (χ1n) is 7.97. The molecule has 4 nitrogen and oxygen atoms in total. The number of hydrogen-bond acceptors (Lipinski definition) is 3. The molecule has 23 heavy (non-hydrogen) atoms. The summed E-state index contributed by atoms with van der Waals surface area (Å²) in [5, 5.41) is 23.7. The first-order valence-corrected chi connectivity index (χ1v) is 7.97. The number of aromatic nitrogens is 1. The molecule has 0 aliphatic carbocycles. The van der Waals surface area contributed by atoms with Crippen LogP contribution in [0.2, 0.25) is 0 Å². The molecule has 2 bridgehead atoms. The molecule has 2 atom stereocenters. The van der Waals surface area contributed by atoms with Crippen molar-refractivity contribution in [3.05, 3.63) is 53.1 Å². The molecule has 1 aromatic heterocycles. The highest BCUT2D eigenvalue weighted by molar-refractivity contribution is 5.92. The van der Waals surface area contributed by atoms with Gasteiger partial charge in [0.25, 0.3) is 0 Å². The molecule has 2 aliphatic heterocycles. The average molecular weight is 307 g/mol. The third-order valence-corrected chi connectivity index (χ3v) is 5.19. The predicted molar refractivity (Wildman–Crippen MR) is 87.1 cm³/mol. The summed E-state index contributed by atoms with van der Waals surface area (Å²) in [6, 6.07) is 12.1. The van der Waals surface area contributed by atoms with Crippen LogP contribution in [0.3, 0.4) is 0 Å². The predicted octanol–water partition coefficient (Wildman–Crippen LogP) is 4.26. The van der Waals surface area contributed by atoms with Gasteiger partial charge in [0.15, 0.2) is 0 Å². The molecule has 2 N–H and O–H groups in total.